The first-order chi connectivity index (χ1) is 10.1. The van der Waals surface area contributed by atoms with E-state index < -0.39 is 17.5 Å². The number of carbonyl (C=O) groups is 1. The molecule has 0 spiro atoms. The fraction of sp³-hybridized carbons (Fsp3) is 0.0625. The van der Waals surface area contributed by atoms with Gasteiger partial charge in [0, 0.05) is 22.9 Å². The Balaban J connectivity index is 2.12. The molecule has 5 heteroatoms. The summed E-state index contributed by atoms with van der Waals surface area (Å²) in [4.78, 5) is 11.9. The zero-order chi connectivity index (χ0) is 15.2. The standard InChI is InChI=1S/C16H11F2NO2/c17-13-8-12(9-14(18)10-13)16(21)19-15-5-3-11(4-6-15)2-1-7-20/h3-6,8-10,20H,7H2,(H,19,21). The topological polar surface area (TPSA) is 49.3 Å². The number of benzene rings is 2. The lowest BCUT2D eigenvalue weighted by Crippen LogP contribution is -2.12. The number of aliphatic hydroxyl groups is 1. The van der Waals surface area contributed by atoms with Gasteiger partial charge in [-0.1, -0.05) is 11.8 Å². The Kier molecular flexibility index (Phi) is 4.64. The third-order valence-electron chi connectivity index (χ3n) is 2.58. The maximum absolute atomic E-state index is 13.0. The number of nitrogens with one attached hydrogen (secondary N) is 1. The van der Waals surface area contributed by atoms with E-state index in [-0.39, 0.29) is 12.2 Å². The highest BCUT2D eigenvalue weighted by Crippen LogP contribution is 2.13. The van der Waals surface area contributed by atoms with Gasteiger partial charge in [0.05, 0.1) is 0 Å². The molecule has 2 aromatic carbocycles. The highest BCUT2D eigenvalue weighted by molar-refractivity contribution is 6.04. The van der Waals surface area contributed by atoms with Gasteiger partial charge in [0.25, 0.3) is 5.91 Å². The van der Waals surface area contributed by atoms with Gasteiger partial charge in [-0.15, -0.1) is 0 Å². The van der Waals surface area contributed by atoms with Crippen LogP contribution in [0.2, 0.25) is 0 Å². The van der Waals surface area contributed by atoms with Crippen LogP contribution in [0.25, 0.3) is 0 Å². The van der Waals surface area contributed by atoms with E-state index in [1.165, 1.54) is 0 Å². The summed E-state index contributed by atoms with van der Waals surface area (Å²) in [5.74, 6) is 2.98. The molecular formula is C16H11F2NO2. The van der Waals surface area contributed by atoms with Crippen LogP contribution in [0.5, 0.6) is 0 Å². The monoisotopic (exact) mass is 287 g/mol. The van der Waals surface area contributed by atoms with Crippen LogP contribution in [-0.2, 0) is 0 Å². The van der Waals surface area contributed by atoms with Crippen molar-refractivity contribution in [3.05, 3.63) is 65.2 Å². The van der Waals surface area contributed by atoms with Gasteiger partial charge in [0.2, 0.25) is 0 Å². The van der Waals surface area contributed by atoms with Crippen molar-refractivity contribution in [2.45, 2.75) is 0 Å². The molecule has 0 bridgehead atoms. The quantitative estimate of drug-likeness (QED) is 0.834. The summed E-state index contributed by atoms with van der Waals surface area (Å²) in [6.45, 7) is -0.233. The predicted octanol–water partition coefficient (Wildman–Crippen LogP) is 2.56. The summed E-state index contributed by atoms with van der Waals surface area (Å²) in [5, 5.41) is 11.1. The average molecular weight is 287 g/mol. The van der Waals surface area contributed by atoms with Gasteiger partial charge in [0.1, 0.15) is 18.2 Å². The lowest BCUT2D eigenvalue weighted by Gasteiger charge is -2.05. The molecule has 0 aliphatic heterocycles. The predicted molar refractivity (Wildman–Crippen MR) is 74.7 cm³/mol. The Morgan fingerprint density at radius 2 is 1.71 bits per heavy atom. The van der Waals surface area contributed by atoms with E-state index in [9.17, 15) is 13.6 Å². The summed E-state index contributed by atoms with van der Waals surface area (Å²) < 4.78 is 26.1. The smallest absolute Gasteiger partial charge is 0.255 e. The molecule has 106 valence electrons. The normalized spacial score (nSPS) is 9.67. The molecule has 1 amide bonds. The third kappa shape index (κ3) is 4.13. The largest absolute Gasteiger partial charge is 0.384 e. The molecule has 3 nitrogen and oxygen atoms in total. The molecule has 0 saturated carbocycles. The van der Waals surface area contributed by atoms with Crippen LogP contribution in [-0.4, -0.2) is 17.6 Å². The Morgan fingerprint density at radius 1 is 1.10 bits per heavy atom. The molecule has 21 heavy (non-hydrogen) atoms. The first-order valence-corrected chi connectivity index (χ1v) is 6.06. The highest BCUT2D eigenvalue weighted by Gasteiger charge is 2.09. The molecule has 0 saturated heterocycles. The fourth-order valence-electron chi connectivity index (χ4n) is 1.67. The Hall–Kier alpha value is -2.71. The minimum Gasteiger partial charge on any atom is -0.384 e. The van der Waals surface area contributed by atoms with E-state index in [0.717, 1.165) is 12.1 Å². The molecule has 0 aliphatic carbocycles. The van der Waals surface area contributed by atoms with Crippen LogP contribution >= 0.6 is 0 Å². The number of hydrogen-bond donors (Lipinski definition) is 2. The second-order valence-corrected chi connectivity index (χ2v) is 4.15. The molecule has 0 unspecified atom stereocenters. The summed E-state index contributed by atoms with van der Waals surface area (Å²) in [7, 11) is 0. The number of halogens is 2. The summed E-state index contributed by atoms with van der Waals surface area (Å²) in [6.07, 6.45) is 0. The SMILES string of the molecule is O=C(Nc1ccc(C#CCO)cc1)c1cc(F)cc(F)c1. The Labute approximate surface area is 120 Å². The molecule has 0 aromatic heterocycles. The lowest BCUT2D eigenvalue weighted by atomic mass is 10.1. The molecule has 2 N–H and O–H groups in total. The molecule has 2 rings (SSSR count). The van der Waals surface area contributed by atoms with Gasteiger partial charge in [-0.05, 0) is 36.4 Å². The number of rotatable bonds is 2. The van der Waals surface area contributed by atoms with E-state index in [0.29, 0.717) is 17.3 Å². The van der Waals surface area contributed by atoms with Crippen molar-refractivity contribution >= 4 is 11.6 Å². The Bertz CT molecular complexity index is 695. The maximum Gasteiger partial charge on any atom is 0.255 e. The second kappa shape index (κ2) is 6.64. The molecule has 0 radical (unpaired) electrons. The van der Waals surface area contributed by atoms with Crippen LogP contribution in [0, 0.1) is 23.5 Å². The molecule has 0 heterocycles. The number of carbonyl (C=O) groups excluding carboxylic acids is 1. The van der Waals surface area contributed by atoms with Crippen molar-refractivity contribution in [2.75, 3.05) is 11.9 Å². The summed E-state index contributed by atoms with van der Waals surface area (Å²) in [5.41, 5.74) is 1.05. The van der Waals surface area contributed by atoms with Gasteiger partial charge in [0.15, 0.2) is 0 Å². The second-order valence-electron chi connectivity index (χ2n) is 4.15. The van der Waals surface area contributed by atoms with Crippen molar-refractivity contribution in [3.8, 4) is 11.8 Å². The van der Waals surface area contributed by atoms with Crippen LogP contribution in [0.3, 0.4) is 0 Å². The minimum absolute atomic E-state index is 0.100. The van der Waals surface area contributed by atoms with Crippen LogP contribution < -0.4 is 5.32 Å². The summed E-state index contributed by atoms with van der Waals surface area (Å²) >= 11 is 0. The van der Waals surface area contributed by atoms with Crippen LogP contribution in [0.15, 0.2) is 42.5 Å². The van der Waals surface area contributed by atoms with Crippen molar-refractivity contribution in [1.29, 1.82) is 0 Å². The molecule has 0 fully saturated rings. The number of aliphatic hydroxyl groups excluding tert-OH is 1. The van der Waals surface area contributed by atoms with Gasteiger partial charge in [-0.25, -0.2) is 8.78 Å². The zero-order valence-electron chi connectivity index (χ0n) is 10.9. The van der Waals surface area contributed by atoms with Gasteiger partial charge < -0.3 is 10.4 Å². The minimum atomic E-state index is -0.810. The molecule has 0 aliphatic rings. The number of hydrogen-bond acceptors (Lipinski definition) is 2. The summed E-state index contributed by atoms with van der Waals surface area (Å²) in [6, 6.07) is 9.14. The maximum atomic E-state index is 13.0. The van der Waals surface area contributed by atoms with Crippen molar-refractivity contribution < 1.29 is 18.7 Å². The fourth-order valence-corrected chi connectivity index (χ4v) is 1.67. The van der Waals surface area contributed by atoms with E-state index in [1.807, 2.05) is 0 Å². The average Bonchev–Trinajstić information content (AvgIpc) is 2.45. The van der Waals surface area contributed by atoms with Crippen molar-refractivity contribution in [1.82, 2.24) is 0 Å². The molecular weight excluding hydrogens is 276 g/mol. The number of anilines is 1. The highest BCUT2D eigenvalue weighted by atomic mass is 19.1. The Morgan fingerprint density at radius 3 is 2.29 bits per heavy atom. The first-order valence-electron chi connectivity index (χ1n) is 6.06. The van der Waals surface area contributed by atoms with E-state index in [1.54, 1.807) is 24.3 Å². The molecule has 2 aromatic rings. The first kappa shape index (κ1) is 14.7. The van der Waals surface area contributed by atoms with E-state index in [4.69, 9.17) is 5.11 Å². The lowest BCUT2D eigenvalue weighted by molar-refractivity contribution is 0.102. The van der Waals surface area contributed by atoms with Crippen molar-refractivity contribution in [2.24, 2.45) is 0 Å². The third-order valence-corrected chi connectivity index (χ3v) is 2.58. The van der Waals surface area contributed by atoms with Gasteiger partial charge >= 0.3 is 0 Å². The van der Waals surface area contributed by atoms with E-state index in [2.05, 4.69) is 17.2 Å². The van der Waals surface area contributed by atoms with Crippen LogP contribution in [0.1, 0.15) is 15.9 Å². The van der Waals surface area contributed by atoms with Crippen LogP contribution in [0.4, 0.5) is 14.5 Å². The molecule has 0 atom stereocenters. The van der Waals surface area contributed by atoms with E-state index >= 15 is 0 Å². The van der Waals surface area contributed by atoms with Crippen molar-refractivity contribution in [3.63, 3.8) is 0 Å². The number of amides is 1. The van der Waals surface area contributed by atoms with Gasteiger partial charge in [-0.3, -0.25) is 4.79 Å². The van der Waals surface area contributed by atoms with Gasteiger partial charge in [-0.2, -0.15) is 0 Å². The zero-order valence-corrected chi connectivity index (χ0v) is 10.9.